The van der Waals surface area contributed by atoms with Crippen LogP contribution < -0.4 is 4.90 Å². The number of anilines is 1. The monoisotopic (exact) mass is 406 g/mol. The van der Waals surface area contributed by atoms with Gasteiger partial charge in [-0.05, 0) is 42.0 Å². The summed E-state index contributed by atoms with van der Waals surface area (Å²) in [5, 5.41) is -0.268. The molecule has 1 aliphatic rings. The number of amides is 1. The van der Waals surface area contributed by atoms with Crippen LogP contribution in [-0.2, 0) is 4.79 Å². The minimum absolute atomic E-state index is 0.142. The molecule has 148 valence electrons. The lowest BCUT2D eigenvalue weighted by atomic mass is 10.1. The first kappa shape index (κ1) is 19.5. The summed E-state index contributed by atoms with van der Waals surface area (Å²) in [5.41, 5.74) is 2.02. The predicted octanol–water partition coefficient (Wildman–Crippen LogP) is 5.01. The summed E-state index contributed by atoms with van der Waals surface area (Å²) in [5.74, 6) is -0.0880. The van der Waals surface area contributed by atoms with Crippen molar-refractivity contribution in [2.75, 3.05) is 31.1 Å². The van der Waals surface area contributed by atoms with Crippen LogP contribution in [0.2, 0.25) is 0 Å². The van der Waals surface area contributed by atoms with Crippen LogP contribution in [0.5, 0.6) is 0 Å². The van der Waals surface area contributed by atoms with E-state index < -0.39 is 0 Å². The van der Waals surface area contributed by atoms with Crippen molar-refractivity contribution in [1.29, 1.82) is 0 Å². The lowest BCUT2D eigenvalue weighted by molar-refractivity contribution is -0.131. The quantitative estimate of drug-likeness (QED) is 0.557. The molecular formula is C24H23FN2OS. The summed E-state index contributed by atoms with van der Waals surface area (Å²) in [7, 11) is 0. The normalized spacial score (nSPS) is 15.2. The van der Waals surface area contributed by atoms with Gasteiger partial charge in [0.25, 0.3) is 0 Å². The second kappa shape index (κ2) is 9.14. The zero-order chi connectivity index (χ0) is 20.1. The fourth-order valence-corrected chi connectivity index (χ4v) is 4.66. The fraction of sp³-hybridized carbons (Fsp3) is 0.208. The lowest BCUT2D eigenvalue weighted by Crippen LogP contribution is -2.49. The van der Waals surface area contributed by atoms with E-state index in [-0.39, 0.29) is 17.0 Å². The highest BCUT2D eigenvalue weighted by molar-refractivity contribution is 8.00. The van der Waals surface area contributed by atoms with Crippen LogP contribution in [0, 0.1) is 5.82 Å². The van der Waals surface area contributed by atoms with Crippen LogP contribution in [0.15, 0.2) is 89.8 Å². The van der Waals surface area contributed by atoms with Crippen molar-refractivity contribution < 1.29 is 9.18 Å². The molecular weight excluding hydrogens is 383 g/mol. The predicted molar refractivity (Wildman–Crippen MR) is 117 cm³/mol. The summed E-state index contributed by atoms with van der Waals surface area (Å²) in [6.45, 7) is 2.81. The molecule has 0 aliphatic carbocycles. The molecule has 0 unspecified atom stereocenters. The second-order valence-corrected chi connectivity index (χ2v) is 8.19. The van der Waals surface area contributed by atoms with Crippen molar-refractivity contribution in [2.45, 2.75) is 10.1 Å². The standard InChI is InChI=1S/C24H23FN2OS/c25-20-11-13-21(14-12-20)26-15-17-27(18-16-26)24(28)23(19-7-3-1-4-8-19)29-22-9-5-2-6-10-22/h1-14,23H,15-18H2/t23-/m0/s1. The number of thioether (sulfide) groups is 1. The zero-order valence-electron chi connectivity index (χ0n) is 16.1. The average molecular weight is 407 g/mol. The third-order valence-electron chi connectivity index (χ3n) is 5.11. The van der Waals surface area contributed by atoms with Gasteiger partial charge in [0.1, 0.15) is 11.1 Å². The number of rotatable bonds is 5. The lowest BCUT2D eigenvalue weighted by Gasteiger charge is -2.37. The van der Waals surface area contributed by atoms with Crippen molar-refractivity contribution in [3.8, 4) is 0 Å². The van der Waals surface area contributed by atoms with Gasteiger partial charge in [0.05, 0.1) is 0 Å². The summed E-state index contributed by atoms with van der Waals surface area (Å²) in [6.07, 6.45) is 0. The second-order valence-electron chi connectivity index (χ2n) is 7.01. The van der Waals surface area contributed by atoms with E-state index in [1.165, 1.54) is 12.1 Å². The number of benzene rings is 3. The Labute approximate surface area is 175 Å². The molecule has 0 saturated carbocycles. The molecule has 3 aromatic rings. The first-order chi connectivity index (χ1) is 14.2. The van der Waals surface area contributed by atoms with E-state index in [0.717, 1.165) is 29.2 Å². The molecule has 0 bridgehead atoms. The smallest absolute Gasteiger partial charge is 0.240 e. The highest BCUT2D eigenvalue weighted by atomic mass is 32.2. The fourth-order valence-electron chi connectivity index (χ4n) is 3.53. The molecule has 1 saturated heterocycles. The molecule has 3 aromatic carbocycles. The highest BCUT2D eigenvalue weighted by Gasteiger charge is 2.29. The van der Waals surface area contributed by atoms with Crippen molar-refractivity contribution in [2.24, 2.45) is 0 Å². The van der Waals surface area contributed by atoms with Crippen LogP contribution in [-0.4, -0.2) is 37.0 Å². The van der Waals surface area contributed by atoms with E-state index in [2.05, 4.69) is 4.90 Å². The average Bonchev–Trinajstić information content (AvgIpc) is 2.79. The van der Waals surface area contributed by atoms with Gasteiger partial charge in [0, 0.05) is 36.8 Å². The first-order valence-electron chi connectivity index (χ1n) is 9.77. The van der Waals surface area contributed by atoms with E-state index in [1.54, 1.807) is 23.9 Å². The van der Waals surface area contributed by atoms with Gasteiger partial charge < -0.3 is 9.80 Å². The minimum Gasteiger partial charge on any atom is -0.368 e. The van der Waals surface area contributed by atoms with E-state index in [1.807, 2.05) is 65.6 Å². The maximum absolute atomic E-state index is 13.4. The molecule has 4 rings (SSSR count). The topological polar surface area (TPSA) is 23.6 Å². The molecule has 1 fully saturated rings. The van der Waals surface area contributed by atoms with Gasteiger partial charge in [-0.3, -0.25) is 4.79 Å². The molecule has 0 radical (unpaired) electrons. The Balaban J connectivity index is 1.47. The number of piperazine rings is 1. The van der Waals surface area contributed by atoms with Gasteiger partial charge in [-0.15, -0.1) is 11.8 Å². The van der Waals surface area contributed by atoms with E-state index >= 15 is 0 Å². The van der Waals surface area contributed by atoms with Crippen molar-refractivity contribution in [3.63, 3.8) is 0 Å². The first-order valence-corrected chi connectivity index (χ1v) is 10.6. The Kier molecular flexibility index (Phi) is 6.15. The number of carbonyl (C=O) groups is 1. The molecule has 1 amide bonds. The number of halogens is 1. The Morgan fingerprint density at radius 3 is 2.00 bits per heavy atom. The summed E-state index contributed by atoms with van der Waals surface area (Å²) < 4.78 is 13.2. The number of carbonyl (C=O) groups excluding carboxylic acids is 1. The van der Waals surface area contributed by atoms with Gasteiger partial charge in [-0.25, -0.2) is 4.39 Å². The van der Waals surface area contributed by atoms with E-state index in [0.29, 0.717) is 13.1 Å². The Bertz CT molecular complexity index is 926. The van der Waals surface area contributed by atoms with E-state index in [4.69, 9.17) is 0 Å². The number of nitrogens with zero attached hydrogens (tertiary/aromatic N) is 2. The third kappa shape index (κ3) is 4.80. The van der Waals surface area contributed by atoms with Crippen LogP contribution in [0.25, 0.3) is 0 Å². The van der Waals surface area contributed by atoms with Crippen LogP contribution in [0.3, 0.4) is 0 Å². The zero-order valence-corrected chi connectivity index (χ0v) is 16.9. The van der Waals surface area contributed by atoms with Gasteiger partial charge in [0.15, 0.2) is 0 Å². The van der Waals surface area contributed by atoms with Crippen LogP contribution >= 0.6 is 11.8 Å². The minimum atomic E-state index is -0.268. The van der Waals surface area contributed by atoms with Crippen molar-refractivity contribution in [3.05, 3.63) is 96.3 Å². The Morgan fingerprint density at radius 2 is 1.38 bits per heavy atom. The summed E-state index contributed by atoms with van der Waals surface area (Å²) >= 11 is 1.60. The molecule has 29 heavy (non-hydrogen) atoms. The van der Waals surface area contributed by atoms with Gasteiger partial charge in [-0.1, -0.05) is 48.5 Å². The molecule has 0 N–H and O–H groups in total. The van der Waals surface area contributed by atoms with Crippen LogP contribution in [0.4, 0.5) is 10.1 Å². The molecule has 1 atom stereocenters. The van der Waals surface area contributed by atoms with Crippen molar-refractivity contribution in [1.82, 2.24) is 4.90 Å². The summed E-state index contributed by atoms with van der Waals surface area (Å²) in [4.78, 5) is 18.7. The molecule has 3 nitrogen and oxygen atoms in total. The Morgan fingerprint density at radius 1 is 0.793 bits per heavy atom. The van der Waals surface area contributed by atoms with Crippen molar-refractivity contribution >= 4 is 23.4 Å². The maximum atomic E-state index is 13.4. The summed E-state index contributed by atoms with van der Waals surface area (Å²) in [6, 6.07) is 26.6. The molecule has 1 heterocycles. The molecule has 1 aliphatic heterocycles. The molecule has 0 spiro atoms. The highest BCUT2D eigenvalue weighted by Crippen LogP contribution is 2.37. The molecule has 5 heteroatoms. The van der Waals surface area contributed by atoms with Gasteiger partial charge in [0.2, 0.25) is 5.91 Å². The molecule has 0 aromatic heterocycles. The third-order valence-corrected chi connectivity index (χ3v) is 6.36. The van der Waals surface area contributed by atoms with Gasteiger partial charge in [-0.2, -0.15) is 0 Å². The largest absolute Gasteiger partial charge is 0.368 e. The Hall–Kier alpha value is -2.79. The SMILES string of the molecule is O=C([C@@H](Sc1ccccc1)c1ccccc1)N1CCN(c2ccc(F)cc2)CC1. The number of hydrogen-bond donors (Lipinski definition) is 0. The van der Waals surface area contributed by atoms with Gasteiger partial charge >= 0.3 is 0 Å². The maximum Gasteiger partial charge on any atom is 0.240 e. The van der Waals surface area contributed by atoms with E-state index in [9.17, 15) is 9.18 Å². The number of hydrogen-bond acceptors (Lipinski definition) is 3. The van der Waals surface area contributed by atoms with Crippen LogP contribution in [0.1, 0.15) is 10.8 Å².